The van der Waals surface area contributed by atoms with Crippen LogP contribution in [0, 0.1) is 28.7 Å². The van der Waals surface area contributed by atoms with Crippen molar-refractivity contribution in [2.75, 3.05) is 0 Å². The average molecular weight is 1190 g/mol. The van der Waals surface area contributed by atoms with Crippen LogP contribution in [0.5, 0.6) is 0 Å². The Labute approximate surface area is 514 Å². The predicted molar refractivity (Wildman–Crippen MR) is 336 cm³/mol. The van der Waals surface area contributed by atoms with Gasteiger partial charge in [-0.2, -0.15) is 17.4 Å². The summed E-state index contributed by atoms with van der Waals surface area (Å²) in [6.45, 7) is 16.3. The Morgan fingerprint density at radius 3 is 1.07 bits per heavy atom. The molecule has 0 heterocycles. The van der Waals surface area contributed by atoms with Crippen LogP contribution in [0.25, 0.3) is 46.6 Å². The third-order valence-corrected chi connectivity index (χ3v) is 11.9. The normalized spacial score (nSPS) is 11.4. The molecule has 0 bridgehead atoms. The molecule has 0 aliphatic heterocycles. The van der Waals surface area contributed by atoms with Crippen LogP contribution in [-0.2, 0) is 4.79 Å². The fourth-order valence-electron chi connectivity index (χ4n) is 7.08. The molecule has 0 fully saturated rings. The summed E-state index contributed by atoms with van der Waals surface area (Å²) in [6, 6.07) is 72.6. The Balaban J connectivity index is 0.000000356. The molecule has 10 heteroatoms. The molecule has 0 aliphatic rings. The first-order valence-corrected chi connectivity index (χ1v) is 25.6. The Morgan fingerprint density at radius 1 is 0.487 bits per heavy atom. The van der Waals surface area contributed by atoms with Crippen LogP contribution in [0.4, 0.5) is 0 Å². The van der Waals surface area contributed by atoms with Gasteiger partial charge in [0.05, 0.1) is 23.3 Å². The van der Waals surface area contributed by atoms with Gasteiger partial charge >= 0.3 is 23.1 Å². The van der Waals surface area contributed by atoms with E-state index < -0.39 is 12.2 Å². The molecule has 5 nitrogen and oxygen atoms in total. The van der Waals surface area contributed by atoms with E-state index in [1.807, 2.05) is 232 Å². The van der Waals surface area contributed by atoms with Gasteiger partial charge in [-0.15, -0.1) is 0 Å². The van der Waals surface area contributed by atoms with Crippen molar-refractivity contribution in [2.24, 2.45) is 0 Å². The maximum Gasteiger partial charge on any atom is 2.00 e. The largest absolute Gasteiger partial charge is 2.00 e. The van der Waals surface area contributed by atoms with Gasteiger partial charge < -0.3 is 33.3 Å². The third-order valence-electron chi connectivity index (χ3n) is 11.1. The zero-order valence-electron chi connectivity index (χ0n) is 44.9. The van der Waals surface area contributed by atoms with Crippen molar-refractivity contribution in [1.29, 1.82) is 10.5 Å². The molecular weight excluding hydrogens is 1130 g/mol. The standard InChI is InChI=1S/2C18H17ClO.C16H10N2.C15H11ClO.C3H5.BrH.Mg/c2*1-13(2)18(20)17(15-6-4-3-5-7-15)12-14-8-10-16(19)11-9-14;17-11-14-8-6-13(7-9-14)10-16(12-18)15-4-2-1-3-5-15;16-15-8-6-12(7-9-15)10-14(11-17)13-4-2-1-3-5-13;1-3-2;;/h2*3-12,18,20H,1H2,2H3;1-10H;1-11H;1H2,2H3;1H;/q;;;;-1;;+2/p-1/b17-12+;17-12-;16-10+;14-10+;;;. The van der Waals surface area contributed by atoms with Crippen LogP contribution >= 0.6 is 34.8 Å². The van der Waals surface area contributed by atoms with Gasteiger partial charge in [0.15, 0.2) is 6.29 Å². The first-order chi connectivity index (χ1) is 37.7. The van der Waals surface area contributed by atoms with Crippen LogP contribution < -0.4 is 17.0 Å². The molecule has 0 aromatic heterocycles. The Kier molecular flexibility index (Phi) is 32.9. The van der Waals surface area contributed by atoms with Crippen molar-refractivity contribution >= 4 is 111 Å². The van der Waals surface area contributed by atoms with Gasteiger partial charge in [-0.05, 0) is 153 Å². The minimum Gasteiger partial charge on any atom is -1.00 e. The molecule has 0 saturated heterocycles. The second kappa shape index (κ2) is 38.3. The smallest absolute Gasteiger partial charge is 1.00 e. The number of halogens is 4. The molecule has 80 heavy (non-hydrogen) atoms. The topological polar surface area (TPSA) is 105 Å². The predicted octanol–water partition coefficient (Wildman–Crippen LogP) is 15.0. The van der Waals surface area contributed by atoms with Crippen LogP contribution in [-0.4, -0.2) is 51.8 Å². The van der Waals surface area contributed by atoms with Gasteiger partial charge in [-0.25, -0.2) is 0 Å². The van der Waals surface area contributed by atoms with Gasteiger partial charge in [-0.1, -0.05) is 218 Å². The van der Waals surface area contributed by atoms with Crippen LogP contribution in [0.15, 0.2) is 249 Å². The number of hydrogen-bond donors (Lipinski definition) is 2. The molecule has 2 N–H and O–H groups in total. The van der Waals surface area contributed by atoms with E-state index in [-0.39, 0.29) is 40.0 Å². The number of rotatable bonds is 13. The van der Waals surface area contributed by atoms with Crippen molar-refractivity contribution in [2.45, 2.75) is 33.0 Å². The number of aliphatic hydroxyl groups is 2. The third kappa shape index (κ3) is 24.3. The van der Waals surface area contributed by atoms with Crippen LogP contribution in [0.3, 0.4) is 0 Å². The maximum absolute atomic E-state index is 11.1. The van der Waals surface area contributed by atoms with E-state index in [0.717, 1.165) is 61.9 Å². The number of aliphatic hydroxyl groups excluding tert-OH is 2. The number of hydrogen-bond acceptors (Lipinski definition) is 5. The summed E-state index contributed by atoms with van der Waals surface area (Å²) in [5, 5.41) is 40.7. The molecule has 8 rings (SSSR count). The fraction of sp³-hybridized carbons (Fsp3) is 0.0714. The molecule has 0 radical (unpaired) electrons. The van der Waals surface area contributed by atoms with Gasteiger partial charge in [-0.3, -0.25) is 11.4 Å². The molecule has 8 aromatic rings. The van der Waals surface area contributed by atoms with Crippen LogP contribution in [0.2, 0.25) is 15.1 Å². The Hall–Kier alpha value is -7.37. The van der Waals surface area contributed by atoms with E-state index in [2.05, 4.69) is 38.0 Å². The molecule has 2 unspecified atom stereocenters. The van der Waals surface area contributed by atoms with E-state index in [0.29, 0.717) is 42.9 Å². The number of allylic oxidation sites excluding steroid dienone is 3. The first-order valence-electron chi connectivity index (χ1n) is 24.5. The van der Waals surface area contributed by atoms with E-state index >= 15 is 0 Å². The van der Waals surface area contributed by atoms with Crippen molar-refractivity contribution in [3.63, 3.8) is 0 Å². The second-order valence-electron chi connectivity index (χ2n) is 17.3. The number of nitrogens with zero attached hydrogens (tertiary/aromatic N) is 2. The number of nitriles is 2. The summed E-state index contributed by atoms with van der Waals surface area (Å²) >= 11 is 17.6. The first kappa shape index (κ1) is 68.7. The molecule has 398 valence electrons. The number of carbonyl (C=O) groups is 1. The molecule has 0 amide bonds. The summed E-state index contributed by atoms with van der Waals surface area (Å²) in [4.78, 5) is 11.1. The molecule has 0 spiro atoms. The zero-order chi connectivity index (χ0) is 56.7. The molecule has 8 aromatic carbocycles. The SMILES string of the molecule is C=C(C)C(O)/C(=C/c1ccc(Cl)cc1)c1ccccc1.C=C(C)C(O)/C(=C\c1ccc(Cl)cc1)c1ccccc1.C=[C-]C.N#C/C(=C\c1ccc(C#N)cc1)c1ccccc1.O=C/C(=C\c1ccc(Cl)cc1)c1ccccc1.[Br-].[Mg+2]. The number of benzene rings is 8. The Morgan fingerprint density at radius 2 is 0.775 bits per heavy atom. The fourth-order valence-corrected chi connectivity index (χ4v) is 7.46. The van der Waals surface area contributed by atoms with Crippen molar-refractivity contribution in [1.82, 2.24) is 0 Å². The average Bonchev–Trinajstić information content (AvgIpc) is 3.47. The van der Waals surface area contributed by atoms with Gasteiger partial charge in [0.2, 0.25) is 0 Å². The van der Waals surface area contributed by atoms with Gasteiger partial charge in [0, 0.05) is 20.6 Å². The molecule has 2 atom stereocenters. The second-order valence-corrected chi connectivity index (χ2v) is 18.6. The molecule has 0 saturated carbocycles. The van der Waals surface area contributed by atoms with E-state index in [1.165, 1.54) is 0 Å². The number of aldehydes is 1. The summed E-state index contributed by atoms with van der Waals surface area (Å²) in [5.41, 5.74) is 12.6. The molecule has 0 aliphatic carbocycles. The summed E-state index contributed by atoms with van der Waals surface area (Å²) < 4.78 is 0. The summed E-state index contributed by atoms with van der Waals surface area (Å²) in [7, 11) is 0. The van der Waals surface area contributed by atoms with E-state index in [1.54, 1.807) is 31.2 Å². The Bertz CT molecular complexity index is 3260. The zero-order valence-corrected chi connectivity index (χ0v) is 50.1. The van der Waals surface area contributed by atoms with Crippen molar-refractivity contribution < 1.29 is 32.0 Å². The minimum absolute atomic E-state index is 0. The monoisotopic (exact) mass is 1180 g/mol. The summed E-state index contributed by atoms with van der Waals surface area (Å²) in [5.74, 6) is 0. The van der Waals surface area contributed by atoms with E-state index in [9.17, 15) is 20.3 Å². The van der Waals surface area contributed by atoms with Crippen LogP contribution in [0.1, 0.15) is 70.8 Å². The minimum atomic E-state index is -0.687. The summed E-state index contributed by atoms with van der Waals surface area (Å²) in [6.07, 6.45) is 9.58. The maximum atomic E-state index is 11.1. The van der Waals surface area contributed by atoms with E-state index in [4.69, 9.17) is 40.1 Å². The van der Waals surface area contributed by atoms with Crippen molar-refractivity contribution in [3.05, 3.63) is 320 Å². The van der Waals surface area contributed by atoms with Gasteiger partial charge in [0.1, 0.15) is 12.2 Å². The molecular formula is C70H60BrCl3MgN2O3. The quantitative estimate of drug-likeness (QED) is 0.0228. The van der Waals surface area contributed by atoms with Gasteiger partial charge in [0.25, 0.3) is 0 Å². The number of carbonyl (C=O) groups excluding carboxylic acids is 1. The van der Waals surface area contributed by atoms with Crippen molar-refractivity contribution in [3.8, 4) is 12.1 Å².